The van der Waals surface area contributed by atoms with Gasteiger partial charge in [-0.1, -0.05) is 12.1 Å². The van der Waals surface area contributed by atoms with E-state index in [0.717, 1.165) is 24.2 Å². The van der Waals surface area contributed by atoms with Gasteiger partial charge in [0, 0.05) is 32.6 Å². The normalized spacial score (nSPS) is 16.4. The molecule has 0 saturated carbocycles. The first kappa shape index (κ1) is 24.5. The van der Waals surface area contributed by atoms with Crippen LogP contribution in [0.1, 0.15) is 45.6 Å². The quantitative estimate of drug-likeness (QED) is 0.614. The molecular weight excluding hydrogens is 398 g/mol. The molecule has 1 fully saturated rings. The fourth-order valence-electron chi connectivity index (χ4n) is 3.43. The molecule has 0 aromatic heterocycles. The Kier molecular flexibility index (Phi) is 9.15. The highest BCUT2D eigenvalue weighted by Crippen LogP contribution is 2.19. The predicted molar refractivity (Wildman–Crippen MR) is 118 cm³/mol. The van der Waals surface area contributed by atoms with E-state index in [4.69, 9.17) is 9.47 Å². The van der Waals surface area contributed by atoms with Crippen molar-refractivity contribution < 1.29 is 23.9 Å². The van der Waals surface area contributed by atoms with Gasteiger partial charge in [0.05, 0.1) is 13.0 Å². The average molecular weight is 434 g/mol. The van der Waals surface area contributed by atoms with Gasteiger partial charge < -0.3 is 25.0 Å². The van der Waals surface area contributed by atoms with Crippen LogP contribution in [0.4, 0.5) is 4.79 Å². The van der Waals surface area contributed by atoms with Crippen LogP contribution in [0.5, 0.6) is 5.75 Å². The molecule has 0 bridgehead atoms. The summed E-state index contributed by atoms with van der Waals surface area (Å²) in [4.78, 5) is 38.5. The summed E-state index contributed by atoms with van der Waals surface area (Å²) < 4.78 is 10.3. The Balaban J connectivity index is 1.70. The van der Waals surface area contributed by atoms with Gasteiger partial charge in [-0.25, -0.2) is 4.79 Å². The molecule has 0 radical (unpaired) electrons. The lowest BCUT2D eigenvalue weighted by molar-refractivity contribution is -0.135. The molecule has 2 rings (SSSR count). The predicted octanol–water partition coefficient (Wildman–Crippen LogP) is 2.51. The molecule has 1 saturated heterocycles. The molecular formula is C23H35N3O5. The third-order valence-corrected chi connectivity index (χ3v) is 5.02. The zero-order chi connectivity index (χ0) is 22.9. The molecule has 1 aromatic rings. The summed E-state index contributed by atoms with van der Waals surface area (Å²) in [6, 6.07) is 7.70. The third-order valence-electron chi connectivity index (χ3n) is 5.02. The number of piperidine rings is 1. The second-order valence-corrected chi connectivity index (χ2v) is 8.75. The van der Waals surface area contributed by atoms with Crippen LogP contribution in [-0.4, -0.2) is 61.7 Å². The Morgan fingerprint density at radius 3 is 2.42 bits per heavy atom. The van der Waals surface area contributed by atoms with Crippen LogP contribution in [0.15, 0.2) is 24.3 Å². The fraction of sp³-hybridized carbons (Fsp3) is 0.609. The molecule has 1 atom stereocenters. The first-order valence-corrected chi connectivity index (χ1v) is 10.8. The lowest BCUT2D eigenvalue weighted by atomic mass is 9.96. The van der Waals surface area contributed by atoms with Gasteiger partial charge in [-0.05, 0) is 57.7 Å². The van der Waals surface area contributed by atoms with E-state index in [9.17, 15) is 14.4 Å². The second-order valence-electron chi connectivity index (χ2n) is 8.75. The van der Waals surface area contributed by atoms with Gasteiger partial charge in [0.15, 0.2) is 0 Å². The van der Waals surface area contributed by atoms with Crippen LogP contribution < -0.4 is 15.4 Å². The number of methoxy groups -OCH3 is 1. The number of hydrogen-bond acceptors (Lipinski definition) is 5. The van der Waals surface area contributed by atoms with Crippen molar-refractivity contribution in [1.82, 2.24) is 15.5 Å². The van der Waals surface area contributed by atoms with Crippen LogP contribution in [-0.2, 0) is 20.7 Å². The number of carbonyl (C=O) groups is 3. The molecule has 1 aromatic carbocycles. The van der Waals surface area contributed by atoms with Crippen molar-refractivity contribution in [2.75, 3.05) is 33.3 Å². The molecule has 8 heteroatoms. The van der Waals surface area contributed by atoms with Crippen LogP contribution >= 0.6 is 0 Å². The zero-order valence-electron chi connectivity index (χ0n) is 19.0. The minimum atomic E-state index is -0.557. The average Bonchev–Trinajstić information content (AvgIpc) is 2.74. The maximum Gasteiger partial charge on any atom is 0.407 e. The number of rotatable bonds is 8. The molecule has 1 unspecified atom stereocenters. The van der Waals surface area contributed by atoms with E-state index in [1.807, 2.05) is 24.3 Å². The van der Waals surface area contributed by atoms with E-state index in [2.05, 4.69) is 10.6 Å². The highest BCUT2D eigenvalue weighted by molar-refractivity contribution is 5.81. The van der Waals surface area contributed by atoms with Crippen LogP contribution in [0.2, 0.25) is 0 Å². The lowest BCUT2D eigenvalue weighted by Crippen LogP contribution is -2.46. The topological polar surface area (TPSA) is 97.0 Å². The molecule has 3 amide bonds. The second kappa shape index (κ2) is 11.6. The van der Waals surface area contributed by atoms with Crippen molar-refractivity contribution in [3.63, 3.8) is 0 Å². The fourth-order valence-corrected chi connectivity index (χ4v) is 3.43. The monoisotopic (exact) mass is 433 g/mol. The van der Waals surface area contributed by atoms with E-state index < -0.39 is 11.7 Å². The van der Waals surface area contributed by atoms with E-state index in [1.54, 1.807) is 32.8 Å². The van der Waals surface area contributed by atoms with Gasteiger partial charge in [-0.3, -0.25) is 9.59 Å². The minimum absolute atomic E-state index is 0.0694. The van der Waals surface area contributed by atoms with Gasteiger partial charge in [-0.2, -0.15) is 0 Å². The van der Waals surface area contributed by atoms with E-state index in [-0.39, 0.29) is 24.3 Å². The first-order valence-electron chi connectivity index (χ1n) is 10.8. The molecule has 8 nitrogen and oxygen atoms in total. The number of alkyl carbamates (subject to hydrolysis) is 1. The van der Waals surface area contributed by atoms with Crippen LogP contribution in [0, 0.1) is 5.92 Å². The Bertz CT molecular complexity index is 743. The van der Waals surface area contributed by atoms with Gasteiger partial charge in [-0.15, -0.1) is 0 Å². The lowest BCUT2D eigenvalue weighted by Gasteiger charge is -2.32. The van der Waals surface area contributed by atoms with E-state index in [0.29, 0.717) is 32.5 Å². The Labute approximate surface area is 184 Å². The van der Waals surface area contributed by atoms with Crippen molar-refractivity contribution in [1.29, 1.82) is 0 Å². The van der Waals surface area contributed by atoms with Crippen molar-refractivity contribution >= 4 is 17.9 Å². The maximum atomic E-state index is 12.6. The molecule has 1 aliphatic rings. The highest BCUT2D eigenvalue weighted by atomic mass is 16.6. The van der Waals surface area contributed by atoms with Crippen molar-refractivity contribution in [3.8, 4) is 5.75 Å². The minimum Gasteiger partial charge on any atom is -0.497 e. The summed E-state index contributed by atoms with van der Waals surface area (Å²) in [6.07, 6.45) is 2.14. The first-order chi connectivity index (χ1) is 14.7. The molecule has 172 valence electrons. The van der Waals surface area contributed by atoms with Crippen molar-refractivity contribution in [3.05, 3.63) is 29.8 Å². The largest absolute Gasteiger partial charge is 0.497 e. The standard InChI is InChI=1S/C23H35N3O5/c1-23(2,3)31-22(29)25-14-13-24-21(28)18-6-5-15-26(16-18)20(27)12-9-17-7-10-19(30-4)11-8-17/h7-8,10-11,18H,5-6,9,12-16H2,1-4H3,(H,24,28)(H,25,29). The van der Waals surface area contributed by atoms with Crippen molar-refractivity contribution in [2.45, 2.75) is 52.1 Å². The summed E-state index contributed by atoms with van der Waals surface area (Å²) in [5, 5.41) is 5.46. The Hall–Kier alpha value is -2.77. The van der Waals surface area contributed by atoms with Gasteiger partial charge >= 0.3 is 6.09 Å². The number of hydrogen-bond donors (Lipinski definition) is 2. The van der Waals surface area contributed by atoms with Crippen molar-refractivity contribution in [2.24, 2.45) is 5.92 Å². The Morgan fingerprint density at radius 1 is 1.10 bits per heavy atom. The SMILES string of the molecule is COc1ccc(CCC(=O)N2CCCC(C(=O)NCCNC(=O)OC(C)(C)C)C2)cc1. The molecule has 2 N–H and O–H groups in total. The smallest absolute Gasteiger partial charge is 0.407 e. The number of carbonyl (C=O) groups excluding carboxylic acids is 3. The zero-order valence-corrected chi connectivity index (χ0v) is 19.0. The molecule has 0 spiro atoms. The number of ether oxygens (including phenoxy) is 2. The summed E-state index contributed by atoms with van der Waals surface area (Å²) in [5.74, 6) is 0.556. The van der Waals surface area contributed by atoms with Gasteiger partial charge in [0.1, 0.15) is 11.4 Å². The molecule has 1 heterocycles. The Morgan fingerprint density at radius 2 is 1.77 bits per heavy atom. The number of likely N-dealkylation sites (tertiary alicyclic amines) is 1. The number of nitrogens with one attached hydrogen (secondary N) is 2. The molecule has 1 aliphatic heterocycles. The summed E-state index contributed by atoms with van der Waals surface area (Å²) in [7, 11) is 1.62. The summed E-state index contributed by atoms with van der Waals surface area (Å²) in [5.41, 5.74) is 0.525. The van der Waals surface area contributed by atoms with Crippen LogP contribution in [0.25, 0.3) is 0 Å². The number of amides is 3. The maximum absolute atomic E-state index is 12.6. The number of benzene rings is 1. The van der Waals surface area contributed by atoms with Crippen LogP contribution in [0.3, 0.4) is 0 Å². The third kappa shape index (κ3) is 8.86. The molecule has 31 heavy (non-hydrogen) atoms. The highest BCUT2D eigenvalue weighted by Gasteiger charge is 2.28. The summed E-state index contributed by atoms with van der Waals surface area (Å²) in [6.45, 7) is 7.11. The molecule has 0 aliphatic carbocycles. The van der Waals surface area contributed by atoms with Gasteiger partial charge in [0.25, 0.3) is 0 Å². The van der Waals surface area contributed by atoms with Gasteiger partial charge in [0.2, 0.25) is 11.8 Å². The van der Waals surface area contributed by atoms with E-state index >= 15 is 0 Å². The summed E-state index contributed by atoms with van der Waals surface area (Å²) >= 11 is 0. The number of nitrogens with zero attached hydrogens (tertiary/aromatic N) is 1. The van der Waals surface area contributed by atoms with E-state index in [1.165, 1.54) is 0 Å². The number of aryl methyl sites for hydroxylation is 1.